The zero-order valence-corrected chi connectivity index (χ0v) is 24.2. The number of nitrogens with zero attached hydrogens (tertiary/aromatic N) is 4. The van der Waals surface area contributed by atoms with E-state index in [0.29, 0.717) is 0 Å². The van der Waals surface area contributed by atoms with Gasteiger partial charge in [0, 0.05) is 41.8 Å². The van der Waals surface area contributed by atoms with Gasteiger partial charge < -0.3 is 28.4 Å². The van der Waals surface area contributed by atoms with Gasteiger partial charge in [0.15, 0.2) is 24.0 Å². The van der Waals surface area contributed by atoms with Crippen molar-refractivity contribution >= 4 is 47.2 Å². The third-order valence-electron chi connectivity index (χ3n) is 5.65. The fourth-order valence-corrected chi connectivity index (χ4v) is 3.84. The lowest BCUT2D eigenvalue weighted by atomic mass is 10.1. The number of amides is 1. The molecule has 222 valence electrons. The molecule has 0 spiro atoms. The zero-order chi connectivity index (χ0) is 31.0. The minimum Gasteiger partial charge on any atom is -0.462 e. The number of carbonyl (C=O) groups excluding carboxylic acids is 5. The van der Waals surface area contributed by atoms with Crippen LogP contribution in [0.5, 0.6) is 0 Å². The van der Waals surface area contributed by atoms with Crippen molar-refractivity contribution in [2.24, 2.45) is 4.99 Å². The molecule has 2 aromatic rings. The summed E-state index contributed by atoms with van der Waals surface area (Å²) in [5, 5.41) is 0. The fraction of sp³-hybridized carbons (Fsp3) is 0.481. The summed E-state index contributed by atoms with van der Waals surface area (Å²) < 4.78 is 22.3. The highest BCUT2D eigenvalue weighted by Crippen LogP contribution is 2.21. The summed E-state index contributed by atoms with van der Waals surface area (Å²) in [6.45, 7) is 7.01. The average Bonchev–Trinajstić information content (AvgIpc) is 2.85. The molecule has 1 aromatic carbocycles. The van der Waals surface area contributed by atoms with Crippen molar-refractivity contribution in [1.29, 1.82) is 0 Å². The van der Waals surface area contributed by atoms with E-state index in [9.17, 15) is 28.8 Å². The Labute approximate surface area is 236 Å². The summed E-state index contributed by atoms with van der Waals surface area (Å²) in [6, 6.07) is 3.35. The van der Waals surface area contributed by atoms with Gasteiger partial charge in [0.1, 0.15) is 6.61 Å². The van der Waals surface area contributed by atoms with Crippen molar-refractivity contribution in [2.45, 2.75) is 66.4 Å². The molecule has 14 nitrogen and oxygen atoms in total. The summed E-state index contributed by atoms with van der Waals surface area (Å²) in [5.41, 5.74) is 0.832. The van der Waals surface area contributed by atoms with Crippen molar-refractivity contribution in [3.8, 4) is 0 Å². The molecule has 3 atom stereocenters. The minimum absolute atomic E-state index is 0.276. The number of aliphatic imine (C=N–C) groups is 1. The van der Waals surface area contributed by atoms with E-state index in [4.69, 9.17) is 18.9 Å². The molecule has 0 N–H and O–H groups in total. The number of aryl methyl sites for hydroxylation is 2. The molecular formula is C27H34N4O10. The van der Waals surface area contributed by atoms with E-state index in [2.05, 4.69) is 9.98 Å². The largest absolute Gasteiger partial charge is 0.462 e. The first-order valence-electron chi connectivity index (χ1n) is 12.5. The number of benzene rings is 1. The van der Waals surface area contributed by atoms with Crippen LogP contribution in [0.25, 0.3) is 11.0 Å². The maximum Gasteiger partial charge on any atom is 0.303 e. The Morgan fingerprint density at radius 2 is 1.46 bits per heavy atom. The predicted molar refractivity (Wildman–Crippen MR) is 145 cm³/mol. The van der Waals surface area contributed by atoms with Crippen molar-refractivity contribution < 1.29 is 42.9 Å². The van der Waals surface area contributed by atoms with Gasteiger partial charge in [-0.1, -0.05) is 0 Å². The molecule has 0 bridgehead atoms. The van der Waals surface area contributed by atoms with Gasteiger partial charge >= 0.3 is 29.8 Å². The molecule has 1 amide bonds. The standard InChI is InChI=1S/C27H34N4O10/c1-14-9-20-21(10-15(14)2)31(27(37)24(29-20)26(36)28-13-30(7)8)11-22(39-17(4)33)25(41-19(6)35)23(40-18(5)34)12-38-16(3)32/h9-10,13,22-23,25H,11-12H2,1-8H3/b28-13+/t22-,23+,25-/m0/s1. The quantitative estimate of drug-likeness (QED) is 0.162. The van der Waals surface area contributed by atoms with Crippen LogP contribution >= 0.6 is 0 Å². The van der Waals surface area contributed by atoms with E-state index in [0.717, 1.165) is 43.4 Å². The van der Waals surface area contributed by atoms with Crippen LogP contribution in [0.4, 0.5) is 0 Å². The van der Waals surface area contributed by atoms with Crippen molar-refractivity contribution in [1.82, 2.24) is 14.5 Å². The SMILES string of the molecule is CC(=O)OC[C@@H](OC(C)=O)[C@@H](OC(C)=O)[C@H](Cn1c(=O)c(C(=O)/N=C/N(C)C)nc2cc(C)c(C)cc21)OC(C)=O. The number of aromatic nitrogens is 2. The molecular weight excluding hydrogens is 540 g/mol. The number of hydrogen-bond acceptors (Lipinski definition) is 11. The zero-order valence-electron chi connectivity index (χ0n) is 24.2. The van der Waals surface area contributed by atoms with Gasteiger partial charge in [-0.3, -0.25) is 28.8 Å². The number of carbonyl (C=O) groups is 5. The second kappa shape index (κ2) is 14.1. The molecule has 0 aliphatic carbocycles. The number of rotatable bonds is 11. The van der Waals surface area contributed by atoms with Gasteiger partial charge in [-0.2, -0.15) is 4.99 Å². The molecule has 2 rings (SSSR count). The molecule has 1 heterocycles. The lowest BCUT2D eigenvalue weighted by Gasteiger charge is -2.32. The third-order valence-corrected chi connectivity index (χ3v) is 5.65. The molecule has 0 fully saturated rings. The van der Waals surface area contributed by atoms with E-state index < -0.39 is 72.5 Å². The van der Waals surface area contributed by atoms with Crippen molar-refractivity contribution in [2.75, 3.05) is 20.7 Å². The van der Waals surface area contributed by atoms with Crippen molar-refractivity contribution in [3.63, 3.8) is 0 Å². The molecule has 1 aromatic heterocycles. The first-order chi connectivity index (χ1) is 19.1. The van der Waals surface area contributed by atoms with Crippen LogP contribution in [0.15, 0.2) is 21.9 Å². The monoisotopic (exact) mass is 574 g/mol. The summed E-state index contributed by atoms with van der Waals surface area (Å²) in [6.07, 6.45) is -3.17. The smallest absolute Gasteiger partial charge is 0.303 e. The highest BCUT2D eigenvalue weighted by Gasteiger charge is 2.39. The third kappa shape index (κ3) is 9.22. The highest BCUT2D eigenvalue weighted by atomic mass is 16.6. The van der Waals surface area contributed by atoms with Gasteiger partial charge in [0.25, 0.3) is 5.56 Å². The molecule has 41 heavy (non-hydrogen) atoms. The number of fused-ring (bicyclic) bond motifs is 1. The van der Waals surface area contributed by atoms with Gasteiger partial charge in [0.2, 0.25) is 0 Å². The Balaban J connectivity index is 2.81. The first kappa shape index (κ1) is 32.6. The van der Waals surface area contributed by atoms with E-state index in [1.54, 1.807) is 26.2 Å². The Kier molecular flexibility index (Phi) is 11.2. The molecule has 0 aliphatic rings. The topological polar surface area (TPSA) is 173 Å². The lowest BCUT2D eigenvalue weighted by molar-refractivity contribution is -0.190. The first-order valence-corrected chi connectivity index (χ1v) is 12.5. The Morgan fingerprint density at radius 1 is 0.902 bits per heavy atom. The maximum atomic E-state index is 13.7. The molecule has 14 heteroatoms. The predicted octanol–water partition coefficient (Wildman–Crippen LogP) is 1.10. The van der Waals surface area contributed by atoms with E-state index in [1.807, 2.05) is 13.8 Å². The van der Waals surface area contributed by atoms with Crippen LogP contribution in [-0.4, -0.2) is 89.6 Å². The number of ether oxygens (including phenoxy) is 4. The van der Waals surface area contributed by atoms with Crippen LogP contribution in [0.1, 0.15) is 49.3 Å². The van der Waals surface area contributed by atoms with Gasteiger partial charge in [0.05, 0.1) is 23.9 Å². The van der Waals surface area contributed by atoms with Gasteiger partial charge in [-0.25, -0.2) is 4.98 Å². The molecule has 0 unspecified atom stereocenters. The highest BCUT2D eigenvalue weighted by molar-refractivity contribution is 5.98. The summed E-state index contributed by atoms with van der Waals surface area (Å²) >= 11 is 0. The summed E-state index contributed by atoms with van der Waals surface area (Å²) in [7, 11) is 3.28. The normalized spacial score (nSPS) is 13.3. The molecule has 0 radical (unpaired) electrons. The Bertz CT molecular complexity index is 1430. The molecule has 0 saturated heterocycles. The van der Waals surface area contributed by atoms with Crippen LogP contribution < -0.4 is 5.56 Å². The number of hydrogen-bond donors (Lipinski definition) is 0. The summed E-state index contributed by atoms with van der Waals surface area (Å²) in [4.78, 5) is 83.8. The van der Waals surface area contributed by atoms with Gasteiger partial charge in [-0.15, -0.1) is 0 Å². The minimum atomic E-state index is -1.52. The van der Waals surface area contributed by atoms with Crippen LogP contribution in [0.3, 0.4) is 0 Å². The second-order valence-electron chi connectivity index (χ2n) is 9.49. The van der Waals surface area contributed by atoms with E-state index >= 15 is 0 Å². The molecule has 0 aliphatic heterocycles. The maximum absolute atomic E-state index is 13.7. The van der Waals surface area contributed by atoms with Gasteiger partial charge in [-0.05, 0) is 37.1 Å². The Morgan fingerprint density at radius 3 is 2.00 bits per heavy atom. The van der Waals surface area contributed by atoms with E-state index in [-0.39, 0.29) is 11.0 Å². The Hall–Kier alpha value is -4.62. The van der Waals surface area contributed by atoms with Crippen LogP contribution in [0.2, 0.25) is 0 Å². The van der Waals surface area contributed by atoms with Crippen molar-refractivity contribution in [3.05, 3.63) is 39.3 Å². The van der Waals surface area contributed by atoms with Crippen LogP contribution in [0, 0.1) is 13.8 Å². The average molecular weight is 575 g/mol. The fourth-order valence-electron chi connectivity index (χ4n) is 3.84. The second-order valence-corrected chi connectivity index (χ2v) is 9.49. The van der Waals surface area contributed by atoms with E-state index in [1.165, 1.54) is 11.2 Å². The van der Waals surface area contributed by atoms with Crippen LogP contribution in [-0.2, 0) is 44.7 Å². The lowest BCUT2D eigenvalue weighted by Crippen LogP contribution is -2.50. The summed E-state index contributed by atoms with van der Waals surface area (Å²) in [5.74, 6) is -4.07. The molecule has 0 saturated carbocycles. The number of esters is 4.